The molecule has 0 spiro atoms. The molecule has 0 N–H and O–H groups in total. The van der Waals surface area contributed by atoms with Crippen molar-refractivity contribution >= 4 is 0 Å². The van der Waals surface area contributed by atoms with E-state index in [2.05, 4.69) is 28.5 Å². The summed E-state index contributed by atoms with van der Waals surface area (Å²) in [6, 6.07) is 0. The van der Waals surface area contributed by atoms with E-state index in [1.54, 1.807) is 0 Å². The predicted octanol–water partition coefficient (Wildman–Crippen LogP) is 2.42. The largest absolute Gasteiger partial charge is 0.313 e. The normalized spacial score (nSPS) is 17.3. The van der Waals surface area contributed by atoms with Gasteiger partial charge in [-0.2, -0.15) is 0 Å². The maximum absolute atomic E-state index is 10.1. The lowest BCUT2D eigenvalue weighted by Gasteiger charge is -2.34. The van der Waals surface area contributed by atoms with Gasteiger partial charge >= 0.3 is 0 Å². The molecule has 6 heteroatoms. The molecule has 0 unspecified atom stereocenters. The Kier molecular flexibility index (Phi) is 9.34. The van der Waals surface area contributed by atoms with Gasteiger partial charge in [-0.1, -0.05) is 39.5 Å². The summed E-state index contributed by atoms with van der Waals surface area (Å²) in [5.41, 5.74) is 0. The summed E-state index contributed by atoms with van der Waals surface area (Å²) in [4.78, 5) is 19.2. The van der Waals surface area contributed by atoms with E-state index >= 15 is 0 Å². The average molecular weight is 301 g/mol. The molecule has 0 saturated carbocycles. The third-order valence-electron chi connectivity index (χ3n) is 4.07. The van der Waals surface area contributed by atoms with E-state index in [1.165, 1.54) is 38.6 Å². The summed E-state index contributed by atoms with van der Waals surface area (Å²) in [5.74, 6) is 0.831. The van der Waals surface area contributed by atoms with Crippen molar-refractivity contribution in [3.8, 4) is 0 Å². The van der Waals surface area contributed by atoms with Crippen molar-refractivity contribution in [2.45, 2.75) is 46.0 Å². The molecule has 0 atom stereocenters. The zero-order valence-corrected chi connectivity index (χ0v) is 13.6. The van der Waals surface area contributed by atoms with Crippen LogP contribution in [0.15, 0.2) is 0 Å². The summed E-state index contributed by atoms with van der Waals surface area (Å²) in [6.45, 7) is 10.7. The molecule has 1 aliphatic rings. The van der Waals surface area contributed by atoms with Gasteiger partial charge in [0.1, 0.15) is 6.61 Å². The fourth-order valence-corrected chi connectivity index (χ4v) is 2.72. The van der Waals surface area contributed by atoms with Gasteiger partial charge in [-0.05, 0) is 18.9 Å². The van der Waals surface area contributed by atoms with Gasteiger partial charge in [0.25, 0.3) is 5.09 Å². The topological polar surface area (TPSA) is 58.8 Å². The number of hydrogen-bond donors (Lipinski definition) is 0. The monoisotopic (exact) mass is 301 g/mol. The lowest BCUT2D eigenvalue weighted by Crippen LogP contribution is -2.47. The van der Waals surface area contributed by atoms with Crippen LogP contribution in [0, 0.1) is 16.0 Å². The zero-order valence-electron chi connectivity index (χ0n) is 13.6. The second kappa shape index (κ2) is 10.8. The number of piperazine rings is 1. The van der Waals surface area contributed by atoms with Crippen LogP contribution in [-0.2, 0) is 4.84 Å². The molecule has 1 saturated heterocycles. The van der Waals surface area contributed by atoms with Crippen LogP contribution in [0.3, 0.4) is 0 Å². The van der Waals surface area contributed by atoms with E-state index < -0.39 is 5.09 Å². The van der Waals surface area contributed by atoms with E-state index in [9.17, 15) is 10.1 Å². The molecule has 0 bridgehead atoms. The fraction of sp³-hybridized carbons (Fsp3) is 1.00. The first kappa shape index (κ1) is 18.2. The van der Waals surface area contributed by atoms with Gasteiger partial charge in [-0.3, -0.25) is 4.90 Å². The molecule has 0 aliphatic carbocycles. The van der Waals surface area contributed by atoms with Gasteiger partial charge in [-0.15, -0.1) is 10.1 Å². The van der Waals surface area contributed by atoms with Gasteiger partial charge in [0.15, 0.2) is 0 Å². The highest BCUT2D eigenvalue weighted by atomic mass is 16.9. The van der Waals surface area contributed by atoms with Crippen molar-refractivity contribution in [2.75, 3.05) is 45.9 Å². The van der Waals surface area contributed by atoms with Gasteiger partial charge in [0.2, 0.25) is 0 Å². The van der Waals surface area contributed by atoms with Crippen LogP contribution in [0.2, 0.25) is 0 Å². The molecular weight excluding hydrogens is 270 g/mol. The molecule has 1 heterocycles. The van der Waals surface area contributed by atoms with E-state index in [1.807, 2.05) is 0 Å². The highest BCUT2D eigenvalue weighted by molar-refractivity contribution is 4.71. The Balaban J connectivity index is 1.94. The van der Waals surface area contributed by atoms with Gasteiger partial charge in [-0.25, -0.2) is 0 Å². The Morgan fingerprint density at radius 1 is 1.00 bits per heavy atom. The van der Waals surface area contributed by atoms with Crippen LogP contribution in [0.4, 0.5) is 0 Å². The smallest absolute Gasteiger partial charge is 0.294 e. The third-order valence-corrected chi connectivity index (χ3v) is 4.07. The number of unbranched alkanes of at least 4 members (excludes halogenated alkanes) is 3. The minimum absolute atomic E-state index is 0.183. The Morgan fingerprint density at radius 3 is 2.14 bits per heavy atom. The molecule has 1 fully saturated rings. The fourth-order valence-electron chi connectivity index (χ4n) is 2.72. The molecule has 0 amide bonds. The quantitative estimate of drug-likeness (QED) is 0.333. The standard InChI is InChI=1S/C15H31N3O3/c1-15(2)7-5-3-4-6-8-16-9-11-17(12-10-16)13-14-21-18(19)20/h15H,3-14H2,1-2H3. The SMILES string of the molecule is CC(C)CCCCCCN1CCN(CCO[N+](=O)[O-])CC1. The molecule has 1 aliphatic heterocycles. The van der Waals surface area contributed by atoms with Crippen LogP contribution in [-0.4, -0.2) is 60.8 Å². The lowest BCUT2D eigenvalue weighted by atomic mass is 10.0. The van der Waals surface area contributed by atoms with E-state index in [0.717, 1.165) is 32.1 Å². The summed E-state index contributed by atoms with van der Waals surface area (Å²) in [6.07, 6.45) is 6.70. The molecule has 0 aromatic rings. The Labute approximate surface area is 128 Å². The second-order valence-electron chi connectivity index (χ2n) is 6.34. The minimum atomic E-state index is -0.713. The summed E-state index contributed by atoms with van der Waals surface area (Å²) in [5, 5.41) is 9.37. The Bertz CT molecular complexity index is 279. The first-order valence-corrected chi connectivity index (χ1v) is 8.30. The van der Waals surface area contributed by atoms with Crippen LogP contribution in [0.1, 0.15) is 46.0 Å². The maximum Gasteiger partial charge on any atom is 0.294 e. The number of nitrogens with zero attached hydrogens (tertiary/aromatic N) is 3. The summed E-state index contributed by atoms with van der Waals surface area (Å²) in [7, 11) is 0. The van der Waals surface area contributed by atoms with E-state index in [4.69, 9.17) is 0 Å². The molecule has 6 nitrogen and oxygen atoms in total. The number of hydrogen-bond acceptors (Lipinski definition) is 5. The van der Waals surface area contributed by atoms with Crippen molar-refractivity contribution < 1.29 is 9.92 Å². The molecule has 0 aromatic heterocycles. The summed E-state index contributed by atoms with van der Waals surface area (Å²) >= 11 is 0. The van der Waals surface area contributed by atoms with Gasteiger partial charge in [0, 0.05) is 32.7 Å². The molecule has 1 rings (SSSR count). The zero-order chi connectivity index (χ0) is 15.5. The third kappa shape index (κ3) is 9.63. The molecule has 21 heavy (non-hydrogen) atoms. The average Bonchev–Trinajstić information content (AvgIpc) is 2.43. The molecular formula is C15H31N3O3. The highest BCUT2D eigenvalue weighted by Gasteiger charge is 2.16. The van der Waals surface area contributed by atoms with Crippen molar-refractivity contribution in [3.05, 3.63) is 10.1 Å². The Morgan fingerprint density at radius 2 is 1.57 bits per heavy atom. The van der Waals surface area contributed by atoms with Crippen molar-refractivity contribution in [2.24, 2.45) is 5.92 Å². The molecule has 0 aromatic carbocycles. The predicted molar refractivity (Wildman–Crippen MR) is 83.7 cm³/mol. The van der Waals surface area contributed by atoms with E-state index in [0.29, 0.717) is 6.54 Å². The van der Waals surface area contributed by atoms with Crippen molar-refractivity contribution in [1.29, 1.82) is 0 Å². The van der Waals surface area contributed by atoms with E-state index in [-0.39, 0.29) is 6.61 Å². The van der Waals surface area contributed by atoms with Crippen molar-refractivity contribution in [3.63, 3.8) is 0 Å². The second-order valence-corrected chi connectivity index (χ2v) is 6.34. The summed E-state index contributed by atoms with van der Waals surface area (Å²) < 4.78 is 0. The first-order chi connectivity index (χ1) is 10.1. The van der Waals surface area contributed by atoms with Crippen LogP contribution >= 0.6 is 0 Å². The van der Waals surface area contributed by atoms with Crippen LogP contribution < -0.4 is 0 Å². The Hall–Kier alpha value is -0.880. The maximum atomic E-state index is 10.1. The van der Waals surface area contributed by atoms with Gasteiger partial charge < -0.3 is 9.74 Å². The van der Waals surface area contributed by atoms with Gasteiger partial charge in [0.05, 0.1) is 0 Å². The van der Waals surface area contributed by atoms with Crippen molar-refractivity contribution in [1.82, 2.24) is 9.80 Å². The highest BCUT2D eigenvalue weighted by Crippen LogP contribution is 2.10. The number of rotatable bonds is 11. The minimum Gasteiger partial charge on any atom is -0.313 e. The lowest BCUT2D eigenvalue weighted by molar-refractivity contribution is -0.757. The van der Waals surface area contributed by atoms with Crippen LogP contribution in [0.5, 0.6) is 0 Å². The van der Waals surface area contributed by atoms with Crippen LogP contribution in [0.25, 0.3) is 0 Å². The molecule has 124 valence electrons. The molecule has 0 radical (unpaired) electrons. The first-order valence-electron chi connectivity index (χ1n) is 8.30.